The Hall–Kier alpha value is -2.39. The molecule has 0 atom stereocenters. The average Bonchev–Trinajstić information content (AvgIpc) is 2.46. The summed E-state index contributed by atoms with van der Waals surface area (Å²) in [4.78, 5) is 2.73. The van der Waals surface area contributed by atoms with E-state index in [1.807, 2.05) is 13.0 Å². The SMILES string of the molecule is CCc1c[nH]c(Oc2ccc(C#N)cc2F)c(O)c1=S. The quantitative estimate of drug-likeness (QED) is 0.843. The summed E-state index contributed by atoms with van der Waals surface area (Å²) in [5.41, 5.74) is 0.957. The number of nitriles is 1. The second-order valence-corrected chi connectivity index (χ2v) is 4.44. The van der Waals surface area contributed by atoms with Crippen LogP contribution in [0.5, 0.6) is 17.4 Å². The Morgan fingerprint density at radius 3 is 2.85 bits per heavy atom. The van der Waals surface area contributed by atoms with Gasteiger partial charge in [0.1, 0.15) is 0 Å². The zero-order valence-electron chi connectivity index (χ0n) is 10.6. The van der Waals surface area contributed by atoms with Crippen LogP contribution < -0.4 is 4.74 Å². The fourth-order valence-corrected chi connectivity index (χ4v) is 1.94. The van der Waals surface area contributed by atoms with Gasteiger partial charge in [0, 0.05) is 6.20 Å². The lowest BCUT2D eigenvalue weighted by Crippen LogP contribution is -1.94. The van der Waals surface area contributed by atoms with Crippen LogP contribution in [0.25, 0.3) is 0 Å². The van der Waals surface area contributed by atoms with Crippen LogP contribution in [0.3, 0.4) is 0 Å². The van der Waals surface area contributed by atoms with Gasteiger partial charge in [-0.15, -0.1) is 0 Å². The molecule has 0 amide bonds. The van der Waals surface area contributed by atoms with E-state index in [0.717, 1.165) is 11.6 Å². The number of hydrogen-bond acceptors (Lipinski definition) is 4. The molecule has 0 spiro atoms. The van der Waals surface area contributed by atoms with E-state index in [9.17, 15) is 9.50 Å². The normalized spacial score (nSPS) is 10.1. The van der Waals surface area contributed by atoms with E-state index in [1.165, 1.54) is 12.1 Å². The second kappa shape index (κ2) is 5.72. The molecule has 0 aliphatic heterocycles. The third-order valence-corrected chi connectivity index (χ3v) is 3.21. The molecule has 1 heterocycles. The van der Waals surface area contributed by atoms with Crippen molar-refractivity contribution in [3.05, 3.63) is 45.9 Å². The lowest BCUT2D eigenvalue weighted by atomic mass is 10.2. The number of aryl methyl sites for hydroxylation is 1. The molecule has 2 rings (SSSR count). The van der Waals surface area contributed by atoms with Gasteiger partial charge in [0.05, 0.1) is 16.1 Å². The first-order valence-electron chi connectivity index (χ1n) is 5.87. The molecule has 0 radical (unpaired) electrons. The maximum absolute atomic E-state index is 13.7. The molecule has 0 fully saturated rings. The molecule has 1 aromatic heterocycles. The fourth-order valence-electron chi connectivity index (χ4n) is 1.65. The number of nitrogens with zero attached hydrogens (tertiary/aromatic N) is 1. The van der Waals surface area contributed by atoms with Crippen molar-refractivity contribution in [1.82, 2.24) is 4.98 Å². The summed E-state index contributed by atoms with van der Waals surface area (Å²) < 4.78 is 19.2. The number of aromatic nitrogens is 1. The van der Waals surface area contributed by atoms with Gasteiger partial charge in [0.15, 0.2) is 17.3 Å². The highest BCUT2D eigenvalue weighted by molar-refractivity contribution is 7.71. The molecule has 0 unspecified atom stereocenters. The maximum atomic E-state index is 13.7. The van der Waals surface area contributed by atoms with E-state index in [-0.39, 0.29) is 27.5 Å². The van der Waals surface area contributed by atoms with Crippen LogP contribution in [-0.2, 0) is 6.42 Å². The van der Waals surface area contributed by atoms with Gasteiger partial charge in [0.25, 0.3) is 0 Å². The third-order valence-electron chi connectivity index (χ3n) is 2.75. The Bertz CT molecular complexity index is 750. The predicted octanol–water partition coefficient (Wildman–Crippen LogP) is 3.82. The summed E-state index contributed by atoms with van der Waals surface area (Å²) in [5, 5.41) is 18.6. The molecule has 0 saturated carbocycles. The largest absolute Gasteiger partial charge is 0.502 e. The van der Waals surface area contributed by atoms with Crippen molar-refractivity contribution in [2.24, 2.45) is 0 Å². The Morgan fingerprint density at radius 1 is 1.50 bits per heavy atom. The van der Waals surface area contributed by atoms with Crippen molar-refractivity contribution in [1.29, 1.82) is 5.26 Å². The van der Waals surface area contributed by atoms with Crippen molar-refractivity contribution in [2.75, 3.05) is 0 Å². The summed E-state index contributed by atoms with van der Waals surface area (Å²) in [6.07, 6.45) is 2.27. The average molecular weight is 290 g/mol. The van der Waals surface area contributed by atoms with Gasteiger partial charge >= 0.3 is 0 Å². The van der Waals surface area contributed by atoms with Crippen molar-refractivity contribution >= 4 is 12.2 Å². The second-order valence-electron chi connectivity index (χ2n) is 4.03. The summed E-state index contributed by atoms with van der Waals surface area (Å²) in [6.45, 7) is 1.90. The topological polar surface area (TPSA) is 69.0 Å². The number of pyridine rings is 1. The highest BCUT2D eigenvalue weighted by atomic mass is 32.1. The van der Waals surface area contributed by atoms with Crippen LogP contribution in [0.2, 0.25) is 0 Å². The molecule has 0 saturated heterocycles. The Morgan fingerprint density at radius 2 is 2.25 bits per heavy atom. The van der Waals surface area contributed by atoms with Gasteiger partial charge in [-0.1, -0.05) is 19.1 Å². The number of H-pyrrole nitrogens is 1. The summed E-state index contributed by atoms with van der Waals surface area (Å²) in [7, 11) is 0. The van der Waals surface area contributed by atoms with Gasteiger partial charge < -0.3 is 14.8 Å². The van der Waals surface area contributed by atoms with E-state index < -0.39 is 5.82 Å². The molecule has 2 N–H and O–H groups in total. The molecular weight excluding hydrogens is 279 g/mol. The molecule has 6 heteroatoms. The zero-order valence-corrected chi connectivity index (χ0v) is 11.4. The van der Waals surface area contributed by atoms with Crippen LogP contribution in [0.15, 0.2) is 24.4 Å². The monoisotopic (exact) mass is 290 g/mol. The Balaban J connectivity index is 2.39. The molecule has 1 aromatic carbocycles. The van der Waals surface area contributed by atoms with Crippen molar-refractivity contribution in [3.63, 3.8) is 0 Å². The zero-order chi connectivity index (χ0) is 14.7. The van der Waals surface area contributed by atoms with Gasteiger partial charge in [0.2, 0.25) is 5.88 Å². The van der Waals surface area contributed by atoms with E-state index >= 15 is 0 Å². The van der Waals surface area contributed by atoms with Crippen LogP contribution in [-0.4, -0.2) is 10.1 Å². The van der Waals surface area contributed by atoms with Crippen molar-refractivity contribution in [3.8, 4) is 23.4 Å². The van der Waals surface area contributed by atoms with Crippen LogP contribution in [0, 0.1) is 21.7 Å². The van der Waals surface area contributed by atoms with Crippen LogP contribution in [0.4, 0.5) is 4.39 Å². The van der Waals surface area contributed by atoms with E-state index in [1.54, 1.807) is 6.20 Å². The minimum Gasteiger partial charge on any atom is -0.502 e. The van der Waals surface area contributed by atoms with Gasteiger partial charge in [-0.3, -0.25) is 0 Å². The highest BCUT2D eigenvalue weighted by Crippen LogP contribution is 2.32. The lowest BCUT2D eigenvalue weighted by Gasteiger charge is -2.10. The summed E-state index contributed by atoms with van der Waals surface area (Å²) in [6, 6.07) is 5.62. The van der Waals surface area contributed by atoms with E-state index in [2.05, 4.69) is 4.98 Å². The molecule has 4 nitrogen and oxygen atoms in total. The molecule has 0 bridgehead atoms. The number of hydrogen-bond donors (Lipinski definition) is 2. The van der Waals surface area contributed by atoms with Gasteiger partial charge in [-0.25, -0.2) is 4.39 Å². The molecule has 102 valence electrons. The number of aromatic hydroxyl groups is 1. The first-order valence-corrected chi connectivity index (χ1v) is 6.28. The first kappa shape index (κ1) is 14.0. The number of ether oxygens (including phenoxy) is 1. The minimum absolute atomic E-state index is 0.0317. The number of benzene rings is 1. The first-order chi connectivity index (χ1) is 9.56. The minimum atomic E-state index is -0.692. The maximum Gasteiger partial charge on any atom is 0.241 e. The van der Waals surface area contributed by atoms with Crippen molar-refractivity contribution in [2.45, 2.75) is 13.3 Å². The predicted molar refractivity (Wildman–Crippen MR) is 73.9 cm³/mol. The molecule has 0 aliphatic rings. The standard InChI is InChI=1S/C14H11FN2O2S/c1-2-9-7-17-14(12(18)13(9)20)19-11-4-3-8(6-16)5-10(11)15/h3-5,7,18H,2H2,1H3,(H,17,20). The summed E-state index contributed by atoms with van der Waals surface area (Å²) >= 11 is 5.08. The number of aromatic amines is 1. The number of rotatable bonds is 3. The number of halogens is 1. The smallest absolute Gasteiger partial charge is 0.241 e. The Labute approximate surface area is 120 Å². The highest BCUT2D eigenvalue weighted by Gasteiger charge is 2.12. The third kappa shape index (κ3) is 2.63. The molecular formula is C14H11FN2O2S. The van der Waals surface area contributed by atoms with Gasteiger partial charge in [-0.05, 0) is 30.2 Å². The Kier molecular flexibility index (Phi) is 4.01. The van der Waals surface area contributed by atoms with Gasteiger partial charge in [-0.2, -0.15) is 5.26 Å². The van der Waals surface area contributed by atoms with Crippen LogP contribution >= 0.6 is 12.2 Å². The molecule has 20 heavy (non-hydrogen) atoms. The summed E-state index contributed by atoms with van der Waals surface area (Å²) in [5.74, 6) is -1.06. The van der Waals surface area contributed by atoms with Crippen molar-refractivity contribution < 1.29 is 14.2 Å². The lowest BCUT2D eigenvalue weighted by molar-refractivity contribution is 0.381. The fraction of sp³-hybridized carbons (Fsp3) is 0.143. The molecule has 0 aliphatic carbocycles. The van der Waals surface area contributed by atoms with E-state index in [0.29, 0.717) is 6.42 Å². The number of nitrogens with one attached hydrogen (secondary N) is 1. The van der Waals surface area contributed by atoms with Crippen LogP contribution in [0.1, 0.15) is 18.1 Å². The van der Waals surface area contributed by atoms with E-state index in [4.69, 9.17) is 22.2 Å². The molecule has 2 aromatic rings.